The molecule has 3 N–H and O–H groups in total. The van der Waals surface area contributed by atoms with Crippen LogP contribution in [0.25, 0.3) is 0 Å². The number of rotatable bonds is 7. The van der Waals surface area contributed by atoms with E-state index in [-0.39, 0.29) is 31.2 Å². The molecule has 202 valence electrons. The first-order chi connectivity index (χ1) is 17.9. The Labute approximate surface area is 217 Å². The number of likely N-dealkylation sites (tertiary alicyclic amines) is 1. The molecular formula is C26H28F3N5O4. The highest BCUT2D eigenvalue weighted by Crippen LogP contribution is 2.49. The molecule has 0 aromatic heterocycles. The summed E-state index contributed by atoms with van der Waals surface area (Å²) in [7, 11) is 0. The summed E-state index contributed by atoms with van der Waals surface area (Å²) in [4.78, 5) is 53.1. The molecule has 4 amide bonds. The topological polar surface area (TPSA) is 131 Å². The van der Waals surface area contributed by atoms with Crippen LogP contribution >= 0.6 is 0 Å². The molecule has 12 heteroatoms. The summed E-state index contributed by atoms with van der Waals surface area (Å²) in [6.45, 7) is 1.55. The second-order valence-electron chi connectivity index (χ2n) is 11.2. The highest BCUT2D eigenvalue weighted by Gasteiger charge is 2.57. The first-order valence-corrected chi connectivity index (χ1v) is 12.7. The number of nitrogens with zero attached hydrogens (tertiary/aromatic N) is 2. The monoisotopic (exact) mass is 531 g/mol. The van der Waals surface area contributed by atoms with E-state index in [4.69, 9.17) is 0 Å². The van der Waals surface area contributed by atoms with Gasteiger partial charge in [-0.2, -0.15) is 18.4 Å². The Hall–Kier alpha value is -3.62. The van der Waals surface area contributed by atoms with Crippen molar-refractivity contribution in [2.24, 2.45) is 11.3 Å². The average Bonchev–Trinajstić information content (AvgIpc) is 3.78. The summed E-state index contributed by atoms with van der Waals surface area (Å²) in [6, 6.07) is 5.68. The highest BCUT2D eigenvalue weighted by molar-refractivity contribution is 6.07. The van der Waals surface area contributed by atoms with Gasteiger partial charge in [-0.1, -0.05) is 38.0 Å². The second-order valence-corrected chi connectivity index (χ2v) is 11.2. The number of para-hydroxylation sites is 1. The number of halogens is 3. The maximum atomic E-state index is 13.8. The third kappa shape index (κ3) is 4.59. The van der Waals surface area contributed by atoms with Crippen molar-refractivity contribution in [2.75, 3.05) is 11.9 Å². The summed E-state index contributed by atoms with van der Waals surface area (Å²) in [5.41, 5.74) is -0.644. The van der Waals surface area contributed by atoms with Crippen molar-refractivity contribution < 1.29 is 32.3 Å². The van der Waals surface area contributed by atoms with Crippen molar-refractivity contribution in [3.05, 3.63) is 29.8 Å². The number of alkyl halides is 3. The molecule has 2 aliphatic heterocycles. The van der Waals surface area contributed by atoms with Crippen molar-refractivity contribution >= 4 is 29.3 Å². The average molecular weight is 532 g/mol. The predicted molar refractivity (Wildman–Crippen MR) is 127 cm³/mol. The van der Waals surface area contributed by atoms with Gasteiger partial charge in [0.15, 0.2) is 0 Å². The molecule has 4 atom stereocenters. The number of anilines is 1. The van der Waals surface area contributed by atoms with E-state index in [2.05, 4.69) is 16.7 Å². The van der Waals surface area contributed by atoms with E-state index in [1.807, 2.05) is 5.32 Å². The Morgan fingerprint density at radius 3 is 2.50 bits per heavy atom. The normalized spacial score (nSPS) is 26.7. The summed E-state index contributed by atoms with van der Waals surface area (Å²) in [5.74, 6) is -3.81. The zero-order valence-corrected chi connectivity index (χ0v) is 20.7. The first-order valence-electron chi connectivity index (χ1n) is 12.7. The molecule has 2 heterocycles. The Balaban J connectivity index is 1.38. The molecule has 38 heavy (non-hydrogen) atoms. The Morgan fingerprint density at radius 2 is 1.89 bits per heavy atom. The molecule has 1 saturated heterocycles. The maximum Gasteiger partial charge on any atom is 0.471 e. The Morgan fingerprint density at radius 1 is 1.21 bits per heavy atom. The molecule has 1 aromatic rings. The fourth-order valence-corrected chi connectivity index (χ4v) is 5.60. The number of hydrogen-bond acceptors (Lipinski definition) is 5. The Kier molecular flexibility index (Phi) is 6.16. The van der Waals surface area contributed by atoms with Crippen LogP contribution in [-0.2, 0) is 24.6 Å². The van der Waals surface area contributed by atoms with Crippen molar-refractivity contribution in [2.45, 2.75) is 75.2 Å². The highest BCUT2D eigenvalue weighted by atomic mass is 19.4. The van der Waals surface area contributed by atoms with Gasteiger partial charge < -0.3 is 20.9 Å². The second kappa shape index (κ2) is 8.99. The molecule has 2 saturated carbocycles. The number of amides is 4. The van der Waals surface area contributed by atoms with E-state index >= 15 is 0 Å². The van der Waals surface area contributed by atoms with Crippen LogP contribution in [0, 0.1) is 22.7 Å². The van der Waals surface area contributed by atoms with Gasteiger partial charge in [-0.3, -0.25) is 19.2 Å². The number of nitrogens with one attached hydrogen (secondary N) is 3. The van der Waals surface area contributed by atoms with E-state index in [1.165, 1.54) is 4.90 Å². The molecule has 9 nitrogen and oxygen atoms in total. The van der Waals surface area contributed by atoms with Crippen LogP contribution in [0.2, 0.25) is 0 Å². The molecule has 0 radical (unpaired) electrons. The number of benzene rings is 1. The van der Waals surface area contributed by atoms with Gasteiger partial charge in [0, 0.05) is 18.7 Å². The minimum Gasteiger partial charge on any atom is -0.342 e. The molecule has 1 aromatic carbocycles. The van der Waals surface area contributed by atoms with Gasteiger partial charge in [0.05, 0.1) is 11.5 Å². The van der Waals surface area contributed by atoms with Crippen LogP contribution in [0.4, 0.5) is 18.9 Å². The number of hydrogen-bond donors (Lipinski definition) is 3. The van der Waals surface area contributed by atoms with E-state index in [0.717, 1.165) is 12.8 Å². The summed E-state index contributed by atoms with van der Waals surface area (Å²) in [5, 5.41) is 17.1. The largest absolute Gasteiger partial charge is 0.471 e. The lowest BCUT2D eigenvalue weighted by molar-refractivity contribution is -0.175. The fraction of sp³-hybridized carbons (Fsp3) is 0.577. The molecular weight excluding hydrogens is 503 g/mol. The van der Waals surface area contributed by atoms with Gasteiger partial charge in [0.2, 0.25) is 17.7 Å². The Bertz CT molecular complexity index is 1240. The lowest BCUT2D eigenvalue weighted by Crippen LogP contribution is -2.58. The van der Waals surface area contributed by atoms with Gasteiger partial charge in [-0.15, -0.1) is 0 Å². The molecule has 2 aliphatic carbocycles. The smallest absolute Gasteiger partial charge is 0.342 e. The van der Waals surface area contributed by atoms with E-state index < -0.39 is 52.9 Å². The quantitative estimate of drug-likeness (QED) is 0.496. The van der Waals surface area contributed by atoms with Gasteiger partial charge in [0.25, 0.3) is 0 Å². The van der Waals surface area contributed by atoms with Gasteiger partial charge in [0.1, 0.15) is 18.1 Å². The number of carbonyl (C=O) groups is 4. The minimum absolute atomic E-state index is 0.0596. The molecule has 0 unspecified atom stereocenters. The van der Waals surface area contributed by atoms with Gasteiger partial charge in [-0.25, -0.2) is 0 Å². The molecule has 5 rings (SSSR count). The first kappa shape index (κ1) is 26.0. The SMILES string of the molecule is CC1([C@@H](NC(=O)C(F)(F)F)C(=O)N[C@@H](CC2CC2)C(=O)N2C[C@]3(C[C@H]2C#N)C(=O)Nc2ccccc23)CC1. The van der Waals surface area contributed by atoms with Crippen molar-refractivity contribution in [1.82, 2.24) is 15.5 Å². The summed E-state index contributed by atoms with van der Waals surface area (Å²) < 4.78 is 38.9. The summed E-state index contributed by atoms with van der Waals surface area (Å²) >= 11 is 0. The number of carbonyl (C=O) groups excluding carboxylic acids is 4. The molecule has 1 spiro atoms. The van der Waals surface area contributed by atoms with Crippen LogP contribution in [-0.4, -0.2) is 59.4 Å². The zero-order chi connectivity index (χ0) is 27.5. The van der Waals surface area contributed by atoms with Gasteiger partial charge in [-0.05, 0) is 42.2 Å². The standard InChI is InChI=1S/C26H28F3N5O4/c1-24(8-9-24)19(33-23(38)26(27,28)29)20(35)31-18(10-14-6-7-14)21(36)34-13-25(11-15(34)12-30)16-4-2-3-5-17(16)32-22(25)37/h2-5,14-15,18-19H,6-11,13H2,1H3,(H,31,35)(H,32,37)(H,33,38)/t15-,18-,19-,25-/m0/s1. The van der Waals surface area contributed by atoms with Crippen LogP contribution in [0.1, 0.15) is 51.0 Å². The minimum atomic E-state index is -5.16. The van der Waals surface area contributed by atoms with E-state index in [9.17, 15) is 37.6 Å². The predicted octanol–water partition coefficient (Wildman–Crippen LogP) is 2.13. The fourth-order valence-electron chi connectivity index (χ4n) is 5.60. The third-order valence-electron chi connectivity index (χ3n) is 8.33. The number of fused-ring (bicyclic) bond motifs is 2. The van der Waals surface area contributed by atoms with Crippen molar-refractivity contribution in [3.63, 3.8) is 0 Å². The lowest BCUT2D eigenvalue weighted by atomic mass is 9.80. The zero-order valence-electron chi connectivity index (χ0n) is 20.7. The van der Waals surface area contributed by atoms with E-state index in [0.29, 0.717) is 24.1 Å². The molecule has 4 aliphatic rings. The van der Waals surface area contributed by atoms with Crippen molar-refractivity contribution in [1.29, 1.82) is 5.26 Å². The van der Waals surface area contributed by atoms with E-state index in [1.54, 1.807) is 31.2 Å². The van der Waals surface area contributed by atoms with Gasteiger partial charge >= 0.3 is 12.1 Å². The number of nitriles is 1. The van der Waals surface area contributed by atoms with Crippen molar-refractivity contribution in [3.8, 4) is 6.07 Å². The molecule has 0 bridgehead atoms. The van der Waals surface area contributed by atoms with Crippen LogP contribution in [0.3, 0.4) is 0 Å². The van der Waals surface area contributed by atoms with Crippen LogP contribution in [0.15, 0.2) is 24.3 Å². The maximum absolute atomic E-state index is 13.8. The van der Waals surface area contributed by atoms with Crippen LogP contribution in [0.5, 0.6) is 0 Å². The third-order valence-corrected chi connectivity index (χ3v) is 8.33. The summed E-state index contributed by atoms with van der Waals surface area (Å²) in [6.07, 6.45) is -2.24. The van der Waals surface area contributed by atoms with Crippen LogP contribution < -0.4 is 16.0 Å². The molecule has 3 fully saturated rings. The lowest BCUT2D eigenvalue weighted by Gasteiger charge is -2.30.